The number of alkyl halides is 1. The molecule has 2 rings (SSSR count). The number of aliphatic carboxylic acids is 1. The highest BCUT2D eigenvalue weighted by atomic mass is 19.1. The summed E-state index contributed by atoms with van der Waals surface area (Å²) < 4.78 is 14.6. The van der Waals surface area contributed by atoms with E-state index < -0.39 is 12.1 Å². The number of hydrogen-bond donors (Lipinski definition) is 1. The largest absolute Gasteiger partial charge is 0.479 e. The van der Waals surface area contributed by atoms with Gasteiger partial charge in [0.2, 0.25) is 6.17 Å². The average Bonchev–Trinajstić information content (AvgIpc) is 2.59. The highest BCUT2D eigenvalue weighted by Gasteiger charge is 2.17. The lowest BCUT2D eigenvalue weighted by Gasteiger charge is -1.97. The fourth-order valence-corrected chi connectivity index (χ4v) is 1.36. The number of imidazole rings is 1. The Kier molecular flexibility index (Phi) is 2.37. The second-order valence-electron chi connectivity index (χ2n) is 3.21. The van der Waals surface area contributed by atoms with Gasteiger partial charge in [-0.15, -0.1) is 0 Å². The van der Waals surface area contributed by atoms with Crippen LogP contribution in [0.25, 0.3) is 5.65 Å². The van der Waals surface area contributed by atoms with Gasteiger partial charge in [-0.1, -0.05) is 6.07 Å². The summed E-state index contributed by atoms with van der Waals surface area (Å²) in [6.07, 6.45) is 1.32. The number of pyridine rings is 1. The lowest BCUT2D eigenvalue weighted by atomic mass is 10.2. The molecule has 0 amide bonds. The van der Waals surface area contributed by atoms with Gasteiger partial charge >= 0.3 is 5.97 Å². The minimum absolute atomic E-state index is 0.197. The summed E-state index contributed by atoms with van der Waals surface area (Å²) in [6.45, 7) is 0. The van der Waals surface area contributed by atoms with E-state index in [-0.39, 0.29) is 6.42 Å². The van der Waals surface area contributed by atoms with Crippen molar-refractivity contribution in [2.45, 2.75) is 12.6 Å². The first-order valence-corrected chi connectivity index (χ1v) is 4.46. The van der Waals surface area contributed by atoms with Crippen molar-refractivity contribution in [1.82, 2.24) is 9.38 Å². The molecule has 15 heavy (non-hydrogen) atoms. The molecule has 2 aromatic heterocycles. The third-order valence-corrected chi connectivity index (χ3v) is 2.07. The summed E-state index contributed by atoms with van der Waals surface area (Å²) in [4.78, 5) is 14.4. The molecule has 0 aliphatic heterocycles. The van der Waals surface area contributed by atoms with Crippen LogP contribution in [0.2, 0.25) is 0 Å². The number of halogens is 1. The fourth-order valence-electron chi connectivity index (χ4n) is 1.36. The van der Waals surface area contributed by atoms with Crippen molar-refractivity contribution in [3.8, 4) is 0 Å². The number of aromatic nitrogens is 2. The second-order valence-corrected chi connectivity index (χ2v) is 3.21. The zero-order valence-electron chi connectivity index (χ0n) is 7.80. The number of fused-ring (bicyclic) bond motifs is 1. The first-order chi connectivity index (χ1) is 7.16. The van der Waals surface area contributed by atoms with E-state index in [1.807, 2.05) is 12.1 Å². The molecule has 5 heteroatoms. The average molecular weight is 208 g/mol. The van der Waals surface area contributed by atoms with E-state index in [4.69, 9.17) is 5.11 Å². The van der Waals surface area contributed by atoms with Crippen molar-refractivity contribution in [2.75, 3.05) is 0 Å². The molecule has 0 aromatic carbocycles. The molecule has 1 atom stereocenters. The van der Waals surface area contributed by atoms with Crippen LogP contribution in [0, 0.1) is 0 Å². The Morgan fingerprint density at radius 2 is 2.40 bits per heavy atom. The van der Waals surface area contributed by atoms with Crippen molar-refractivity contribution in [3.63, 3.8) is 0 Å². The summed E-state index contributed by atoms with van der Waals surface area (Å²) >= 11 is 0. The molecular weight excluding hydrogens is 199 g/mol. The fraction of sp³-hybridized carbons (Fsp3) is 0.200. The molecule has 1 N–H and O–H groups in total. The zero-order valence-corrected chi connectivity index (χ0v) is 7.80. The zero-order chi connectivity index (χ0) is 10.8. The Bertz CT molecular complexity index is 462. The Morgan fingerprint density at radius 1 is 1.60 bits per heavy atom. The van der Waals surface area contributed by atoms with E-state index in [2.05, 4.69) is 4.98 Å². The lowest BCUT2D eigenvalue weighted by Crippen LogP contribution is -2.17. The van der Waals surface area contributed by atoms with Gasteiger partial charge in [-0.2, -0.15) is 0 Å². The van der Waals surface area contributed by atoms with Gasteiger partial charge in [0.1, 0.15) is 5.65 Å². The van der Waals surface area contributed by atoms with E-state index >= 15 is 0 Å². The molecule has 0 saturated heterocycles. The summed E-state index contributed by atoms with van der Waals surface area (Å²) in [5.74, 6) is -1.45. The molecule has 4 nitrogen and oxygen atoms in total. The number of carboxylic acid groups (broad SMARTS) is 1. The normalized spacial score (nSPS) is 12.9. The number of carbonyl (C=O) groups is 1. The van der Waals surface area contributed by atoms with Crippen LogP contribution in [0.4, 0.5) is 4.39 Å². The van der Waals surface area contributed by atoms with E-state index in [0.717, 1.165) is 0 Å². The van der Waals surface area contributed by atoms with Crippen LogP contribution in [0.1, 0.15) is 5.69 Å². The summed E-state index contributed by atoms with van der Waals surface area (Å²) in [5.41, 5.74) is 1.13. The number of carboxylic acids is 1. The first kappa shape index (κ1) is 9.64. The molecule has 1 unspecified atom stereocenters. The predicted molar refractivity (Wildman–Crippen MR) is 51.4 cm³/mol. The van der Waals surface area contributed by atoms with Crippen LogP contribution >= 0.6 is 0 Å². The van der Waals surface area contributed by atoms with Crippen molar-refractivity contribution >= 4 is 11.6 Å². The predicted octanol–water partition coefficient (Wildman–Crippen LogP) is 1.30. The molecule has 2 aromatic rings. The van der Waals surface area contributed by atoms with Crippen LogP contribution < -0.4 is 0 Å². The molecule has 0 fully saturated rings. The SMILES string of the molecule is O=C(O)C(F)Cc1cn2ccccc2n1. The molecule has 0 aliphatic carbocycles. The quantitative estimate of drug-likeness (QED) is 0.827. The summed E-state index contributed by atoms with van der Waals surface area (Å²) in [6, 6.07) is 5.41. The van der Waals surface area contributed by atoms with Crippen LogP contribution in [-0.2, 0) is 11.2 Å². The van der Waals surface area contributed by atoms with Crippen LogP contribution in [0.15, 0.2) is 30.6 Å². The molecule has 0 bridgehead atoms. The minimum atomic E-state index is -1.89. The molecule has 0 radical (unpaired) electrons. The number of nitrogens with zero attached hydrogens (tertiary/aromatic N) is 2. The van der Waals surface area contributed by atoms with Gasteiger partial charge in [0.15, 0.2) is 0 Å². The second kappa shape index (κ2) is 3.68. The standard InChI is InChI=1S/C10H9FN2O2/c11-8(10(14)15)5-7-6-13-4-2-1-3-9(13)12-7/h1-4,6,8H,5H2,(H,14,15). The van der Waals surface area contributed by atoms with Crippen molar-refractivity contribution in [1.29, 1.82) is 0 Å². The highest BCUT2D eigenvalue weighted by molar-refractivity contribution is 5.72. The van der Waals surface area contributed by atoms with E-state index in [9.17, 15) is 9.18 Å². The van der Waals surface area contributed by atoms with Gasteiger partial charge in [-0.3, -0.25) is 0 Å². The maximum Gasteiger partial charge on any atom is 0.338 e. The Hall–Kier alpha value is -1.91. The maximum atomic E-state index is 12.9. The van der Waals surface area contributed by atoms with E-state index in [1.165, 1.54) is 0 Å². The van der Waals surface area contributed by atoms with Gasteiger partial charge in [0, 0.05) is 18.8 Å². The minimum Gasteiger partial charge on any atom is -0.479 e. The maximum absolute atomic E-state index is 12.9. The molecule has 0 spiro atoms. The van der Waals surface area contributed by atoms with Gasteiger partial charge in [0.05, 0.1) is 5.69 Å². The summed E-state index contributed by atoms with van der Waals surface area (Å²) in [5, 5.41) is 8.41. The molecule has 2 heterocycles. The topological polar surface area (TPSA) is 54.6 Å². The smallest absolute Gasteiger partial charge is 0.338 e. The molecule has 78 valence electrons. The Labute approximate surface area is 85.0 Å². The molecular formula is C10H9FN2O2. The van der Waals surface area contributed by atoms with E-state index in [1.54, 1.807) is 22.9 Å². The van der Waals surface area contributed by atoms with Gasteiger partial charge in [-0.05, 0) is 12.1 Å². The van der Waals surface area contributed by atoms with Crippen LogP contribution in [-0.4, -0.2) is 26.6 Å². The van der Waals surface area contributed by atoms with Gasteiger partial charge in [-0.25, -0.2) is 14.2 Å². The van der Waals surface area contributed by atoms with Crippen LogP contribution in [0.5, 0.6) is 0 Å². The lowest BCUT2D eigenvalue weighted by molar-refractivity contribution is -0.142. The third kappa shape index (κ3) is 1.96. The Morgan fingerprint density at radius 3 is 3.07 bits per heavy atom. The van der Waals surface area contributed by atoms with E-state index in [0.29, 0.717) is 11.3 Å². The first-order valence-electron chi connectivity index (χ1n) is 4.46. The van der Waals surface area contributed by atoms with Gasteiger partial charge in [0.25, 0.3) is 0 Å². The van der Waals surface area contributed by atoms with Crippen molar-refractivity contribution in [2.24, 2.45) is 0 Å². The van der Waals surface area contributed by atoms with Crippen molar-refractivity contribution < 1.29 is 14.3 Å². The highest BCUT2D eigenvalue weighted by Crippen LogP contribution is 2.08. The molecule has 0 aliphatic rings. The third-order valence-electron chi connectivity index (χ3n) is 2.07. The van der Waals surface area contributed by atoms with Crippen LogP contribution in [0.3, 0.4) is 0 Å². The van der Waals surface area contributed by atoms with Crippen molar-refractivity contribution in [3.05, 3.63) is 36.3 Å². The monoisotopic (exact) mass is 208 g/mol. The number of hydrogen-bond acceptors (Lipinski definition) is 2. The Balaban J connectivity index is 2.26. The molecule has 0 saturated carbocycles. The van der Waals surface area contributed by atoms with Gasteiger partial charge < -0.3 is 9.51 Å². The summed E-state index contributed by atoms with van der Waals surface area (Å²) in [7, 11) is 0. The number of rotatable bonds is 3.